The van der Waals surface area contributed by atoms with Gasteiger partial charge in [-0.25, -0.2) is 24.6 Å². The second-order valence-electron chi connectivity index (χ2n) is 8.34. The highest BCUT2D eigenvalue weighted by atomic mass is 32.2. The molecule has 4 rings (SSSR count). The van der Waals surface area contributed by atoms with Gasteiger partial charge in [0.2, 0.25) is 5.71 Å². The van der Waals surface area contributed by atoms with Crippen LogP contribution in [0.5, 0.6) is 0 Å². The van der Waals surface area contributed by atoms with E-state index in [1.165, 1.54) is 13.8 Å². The van der Waals surface area contributed by atoms with Gasteiger partial charge in [0.25, 0.3) is 10.7 Å². The topological polar surface area (TPSA) is 220 Å². The number of esters is 2. The normalized spacial score (nSPS) is 31.9. The Bertz CT molecular complexity index is 1480. The van der Waals surface area contributed by atoms with Crippen molar-refractivity contribution in [2.24, 2.45) is 5.10 Å². The third kappa shape index (κ3) is 4.30. The number of hydrogen-bond donors (Lipinski definition) is 3. The molecule has 0 saturated carbocycles. The Morgan fingerprint density at radius 3 is 2.11 bits per heavy atom. The van der Waals surface area contributed by atoms with Crippen LogP contribution in [0.25, 0.3) is 0 Å². The first-order valence-corrected chi connectivity index (χ1v) is 13.8. The number of carbonyl (C=O) groups is 4. The van der Waals surface area contributed by atoms with E-state index in [1.54, 1.807) is 0 Å². The van der Waals surface area contributed by atoms with Crippen molar-refractivity contribution in [3.8, 4) is 0 Å². The molecule has 16 nitrogen and oxygen atoms in total. The van der Waals surface area contributed by atoms with Crippen molar-refractivity contribution >= 4 is 49.7 Å². The monoisotopic (exact) mass is 562 g/mol. The average molecular weight is 563 g/mol. The quantitative estimate of drug-likeness (QED) is 0.0948. The van der Waals surface area contributed by atoms with Gasteiger partial charge in [0.05, 0.1) is 13.2 Å². The van der Waals surface area contributed by atoms with Crippen molar-refractivity contribution in [1.29, 1.82) is 0 Å². The lowest BCUT2D eigenvalue weighted by Gasteiger charge is -2.10. The molecule has 2 amide bonds. The van der Waals surface area contributed by atoms with Crippen LogP contribution in [0.3, 0.4) is 0 Å². The van der Waals surface area contributed by atoms with Crippen LogP contribution in [0.4, 0.5) is 0 Å². The maximum Gasteiger partial charge on any atom is 0.376 e. The van der Waals surface area contributed by atoms with Gasteiger partial charge in [0.15, 0.2) is 18.8 Å². The SMILES string of the molecule is CCOC(=O)C1=N[N+]2(CC2S(=O)(=O)O)C(=O)/C1=C\C=CC1=C(C(=O)OCC)N[N+]2(CC2S(=O)(=O)O)C1=O. The van der Waals surface area contributed by atoms with Crippen LogP contribution in [-0.4, -0.2) is 102 Å². The predicted molar refractivity (Wildman–Crippen MR) is 119 cm³/mol. The number of rotatable bonds is 8. The fourth-order valence-electron chi connectivity index (χ4n) is 4.15. The van der Waals surface area contributed by atoms with Gasteiger partial charge >= 0.3 is 44.0 Å². The maximum atomic E-state index is 13.0. The first kappa shape index (κ1) is 26.8. The van der Waals surface area contributed by atoms with Crippen molar-refractivity contribution in [1.82, 2.24) is 5.43 Å². The van der Waals surface area contributed by atoms with Gasteiger partial charge in [-0.05, 0) is 26.0 Å². The molecule has 0 aliphatic carbocycles. The average Bonchev–Trinajstić information content (AvgIpc) is 3.66. The molecule has 4 heterocycles. The summed E-state index contributed by atoms with van der Waals surface area (Å²) >= 11 is 0. The fourth-order valence-corrected chi connectivity index (χ4v) is 6.18. The number of nitrogens with one attached hydrogen (secondary N) is 1. The molecule has 4 unspecified atom stereocenters. The molecule has 2 saturated heterocycles. The minimum Gasteiger partial charge on any atom is -0.461 e. The van der Waals surface area contributed by atoms with E-state index in [0.29, 0.717) is 0 Å². The lowest BCUT2D eigenvalue weighted by atomic mass is 10.1. The van der Waals surface area contributed by atoms with Crippen molar-refractivity contribution in [2.75, 3.05) is 26.3 Å². The number of nitrogens with zero attached hydrogens (tertiary/aromatic N) is 3. The highest BCUT2D eigenvalue weighted by molar-refractivity contribution is 7.86. The van der Waals surface area contributed by atoms with E-state index in [0.717, 1.165) is 18.2 Å². The van der Waals surface area contributed by atoms with Gasteiger partial charge in [-0.1, -0.05) is 11.2 Å². The molecule has 0 bridgehead atoms. The molecule has 0 aromatic heterocycles. The van der Waals surface area contributed by atoms with Gasteiger partial charge < -0.3 is 9.47 Å². The Morgan fingerprint density at radius 1 is 1.00 bits per heavy atom. The van der Waals surface area contributed by atoms with E-state index in [4.69, 9.17) is 9.47 Å². The summed E-state index contributed by atoms with van der Waals surface area (Å²) in [5.74, 6) is -3.81. The van der Waals surface area contributed by atoms with E-state index in [2.05, 4.69) is 10.5 Å². The molecular weight excluding hydrogens is 540 g/mol. The van der Waals surface area contributed by atoms with Crippen LogP contribution in [0, 0.1) is 0 Å². The summed E-state index contributed by atoms with van der Waals surface area (Å²) in [6.07, 6.45) is 3.19. The van der Waals surface area contributed by atoms with Crippen LogP contribution in [0.15, 0.2) is 40.2 Å². The smallest absolute Gasteiger partial charge is 0.376 e. The second-order valence-corrected chi connectivity index (χ2v) is 11.5. The molecule has 0 aromatic carbocycles. The van der Waals surface area contributed by atoms with Crippen molar-refractivity contribution in [3.63, 3.8) is 0 Å². The summed E-state index contributed by atoms with van der Waals surface area (Å²) in [5.41, 5.74) is 0.897. The zero-order valence-corrected chi connectivity index (χ0v) is 21.0. The van der Waals surface area contributed by atoms with Gasteiger partial charge in [-0.3, -0.25) is 9.11 Å². The molecule has 4 aliphatic heterocycles. The Hall–Kier alpha value is -3.29. The summed E-state index contributed by atoms with van der Waals surface area (Å²) < 4.78 is 72.7. The number of allylic oxidation sites excluding steroid dienone is 2. The van der Waals surface area contributed by atoms with Crippen LogP contribution in [0.2, 0.25) is 0 Å². The van der Waals surface area contributed by atoms with Crippen LogP contribution >= 0.6 is 0 Å². The summed E-state index contributed by atoms with van der Waals surface area (Å²) in [4.78, 5) is 50.8. The first-order chi connectivity index (χ1) is 17.1. The number of ether oxygens (including phenoxy) is 2. The summed E-state index contributed by atoms with van der Waals surface area (Å²) in [6.45, 7) is 2.10. The standard InChI is InChI=1S/C19H20N4O12S2/c1-3-34-18(26)14-10(16(24)22(20-14)8-12(22)36(28,29)30)6-5-7-11-15(19(27)35-4-2)21-23(17(11)25)9-13(23)37(31,32)33/h5-7,12-13H,3-4,8-9H2,1-2H3,(H-2,20,21,24,25,28,29,30,31,32,33)/p+2. The van der Waals surface area contributed by atoms with E-state index in [1.807, 2.05) is 0 Å². The first-order valence-electron chi connectivity index (χ1n) is 10.8. The number of hydrogen-bond acceptors (Lipinski definition) is 12. The largest absolute Gasteiger partial charge is 0.461 e. The maximum absolute atomic E-state index is 13.0. The minimum absolute atomic E-state index is 0.0657. The molecular formula is C19H22N4O12S2+2. The number of carbonyl (C=O) groups excluding carboxylic acids is 4. The molecule has 2 fully saturated rings. The fraction of sp³-hybridized carbons (Fsp3) is 0.421. The van der Waals surface area contributed by atoms with Crippen molar-refractivity contribution < 1.29 is 63.8 Å². The van der Waals surface area contributed by atoms with Gasteiger partial charge in [0.1, 0.15) is 11.1 Å². The zero-order valence-electron chi connectivity index (χ0n) is 19.4. The third-order valence-electron chi connectivity index (χ3n) is 6.03. The third-order valence-corrected chi connectivity index (χ3v) is 8.41. The highest BCUT2D eigenvalue weighted by Gasteiger charge is 2.75. The molecule has 4 atom stereocenters. The van der Waals surface area contributed by atoms with E-state index < -0.39 is 76.2 Å². The molecule has 37 heavy (non-hydrogen) atoms. The molecule has 200 valence electrons. The van der Waals surface area contributed by atoms with Crippen LogP contribution in [-0.2, 0) is 48.9 Å². The molecule has 0 aromatic rings. The molecule has 3 N–H and O–H groups in total. The van der Waals surface area contributed by atoms with Crippen LogP contribution in [0.1, 0.15) is 13.8 Å². The van der Waals surface area contributed by atoms with E-state index in [-0.39, 0.29) is 36.6 Å². The molecule has 18 heteroatoms. The zero-order chi connectivity index (χ0) is 27.6. The number of quaternary nitrogens is 2. The molecule has 4 aliphatic rings. The van der Waals surface area contributed by atoms with Crippen molar-refractivity contribution in [3.05, 3.63) is 35.1 Å². The summed E-state index contributed by atoms with van der Waals surface area (Å²) in [7, 11) is -9.30. The minimum atomic E-state index is -4.66. The Kier molecular flexibility index (Phi) is 6.25. The lowest BCUT2D eigenvalue weighted by molar-refractivity contribution is -0.762. The summed E-state index contributed by atoms with van der Waals surface area (Å²) in [5, 5.41) is 0.750. The Labute approximate surface area is 210 Å². The van der Waals surface area contributed by atoms with E-state index in [9.17, 15) is 45.1 Å². The lowest BCUT2D eigenvalue weighted by Crippen LogP contribution is -2.44. The van der Waals surface area contributed by atoms with Gasteiger partial charge in [0, 0.05) is 0 Å². The predicted octanol–water partition coefficient (Wildman–Crippen LogP) is -2.12. The van der Waals surface area contributed by atoms with Crippen LogP contribution < -0.4 is 5.43 Å². The molecule has 2 spiro atoms. The Morgan fingerprint density at radius 2 is 1.59 bits per heavy atom. The summed E-state index contributed by atoms with van der Waals surface area (Å²) in [6, 6.07) is 0. The Balaban J connectivity index is 1.69. The van der Waals surface area contributed by atoms with E-state index >= 15 is 0 Å². The second kappa shape index (κ2) is 8.64. The molecule has 0 radical (unpaired) electrons. The van der Waals surface area contributed by atoms with Crippen molar-refractivity contribution in [2.45, 2.75) is 24.6 Å². The van der Waals surface area contributed by atoms with Gasteiger partial charge in [-0.15, -0.1) is 9.18 Å². The number of amides is 2. The highest BCUT2D eigenvalue weighted by Crippen LogP contribution is 2.43. The van der Waals surface area contributed by atoms with Gasteiger partial charge in [-0.2, -0.15) is 16.8 Å².